The van der Waals surface area contributed by atoms with Crippen LogP contribution in [0.5, 0.6) is 11.5 Å². The second-order valence-corrected chi connectivity index (χ2v) is 8.45. The van der Waals surface area contributed by atoms with Gasteiger partial charge in [-0.05, 0) is 71.7 Å². The first-order valence-electron chi connectivity index (χ1n) is 10.7. The Morgan fingerprint density at radius 2 is 1.67 bits per heavy atom. The average molecular weight is 401 g/mol. The molecular weight excluding hydrogens is 372 g/mol. The van der Waals surface area contributed by atoms with Crippen LogP contribution in [-0.4, -0.2) is 12.6 Å². The molecule has 3 nitrogen and oxygen atoms in total. The lowest BCUT2D eigenvalue weighted by Gasteiger charge is -2.16. The van der Waals surface area contributed by atoms with E-state index in [2.05, 4.69) is 56.3 Å². The van der Waals surface area contributed by atoms with Gasteiger partial charge in [0.2, 0.25) is 6.79 Å². The molecule has 0 atom stereocenters. The summed E-state index contributed by atoms with van der Waals surface area (Å²) in [4.78, 5) is 13.3. The third-order valence-electron chi connectivity index (χ3n) is 6.54. The summed E-state index contributed by atoms with van der Waals surface area (Å²) in [7, 11) is 0. The van der Waals surface area contributed by atoms with Crippen LogP contribution in [0.3, 0.4) is 0 Å². The van der Waals surface area contributed by atoms with E-state index in [1.807, 2.05) is 18.2 Å². The van der Waals surface area contributed by atoms with Gasteiger partial charge in [-0.2, -0.15) is 0 Å². The van der Waals surface area contributed by atoms with Crippen molar-refractivity contribution in [3.8, 4) is 22.6 Å². The molecule has 1 heterocycles. The van der Waals surface area contributed by atoms with Crippen LogP contribution in [-0.2, 0) is 23.1 Å². The molecule has 2 aliphatic rings. The maximum absolute atomic E-state index is 13.3. The summed E-state index contributed by atoms with van der Waals surface area (Å²) >= 11 is 0. The van der Waals surface area contributed by atoms with Crippen LogP contribution in [0.4, 0.5) is 0 Å². The molecule has 0 spiro atoms. The number of fused-ring (bicyclic) bond motifs is 1. The van der Waals surface area contributed by atoms with Crippen LogP contribution in [0.2, 0.25) is 0 Å². The fourth-order valence-corrected chi connectivity index (χ4v) is 4.48. The zero-order valence-corrected chi connectivity index (χ0v) is 17.5. The van der Waals surface area contributed by atoms with Crippen molar-refractivity contribution in [2.24, 2.45) is 0 Å². The maximum Gasteiger partial charge on any atom is 0.231 e. The van der Waals surface area contributed by atoms with Crippen LogP contribution in [0.25, 0.3) is 11.1 Å². The van der Waals surface area contributed by atoms with Gasteiger partial charge in [0.25, 0.3) is 0 Å². The molecule has 0 amide bonds. The number of hydrogen-bond acceptors (Lipinski definition) is 3. The Hall–Kier alpha value is -3.07. The number of carbonyl (C=O) groups excluding carboxylic acids is 1. The van der Waals surface area contributed by atoms with Gasteiger partial charge in [0.05, 0.1) is 5.41 Å². The quantitative estimate of drug-likeness (QED) is 0.506. The van der Waals surface area contributed by atoms with E-state index in [-0.39, 0.29) is 13.6 Å². The van der Waals surface area contributed by atoms with Crippen LogP contribution in [0.1, 0.15) is 43.4 Å². The lowest BCUT2D eigenvalue weighted by Crippen LogP contribution is -2.22. The van der Waals surface area contributed by atoms with Gasteiger partial charge in [0, 0.05) is 7.85 Å². The molecule has 0 saturated heterocycles. The largest absolute Gasteiger partial charge is 0.454 e. The fourth-order valence-electron chi connectivity index (χ4n) is 4.48. The first kappa shape index (κ1) is 18.9. The van der Waals surface area contributed by atoms with E-state index in [1.54, 1.807) is 0 Å². The molecule has 30 heavy (non-hydrogen) atoms. The lowest BCUT2D eigenvalue weighted by molar-refractivity contribution is -0.120. The number of aryl methyl sites for hydroxylation is 2. The molecule has 0 aromatic heterocycles. The van der Waals surface area contributed by atoms with Crippen LogP contribution >= 0.6 is 0 Å². The minimum Gasteiger partial charge on any atom is -0.454 e. The molecule has 1 aliphatic heterocycles. The maximum atomic E-state index is 13.3. The molecule has 5 rings (SSSR count). The summed E-state index contributed by atoms with van der Waals surface area (Å²) in [5, 5.41) is 0. The number of benzene rings is 3. The van der Waals surface area contributed by atoms with Gasteiger partial charge in [0.1, 0.15) is 5.78 Å². The Labute approximate surface area is 179 Å². The van der Waals surface area contributed by atoms with Gasteiger partial charge < -0.3 is 9.47 Å². The summed E-state index contributed by atoms with van der Waals surface area (Å²) in [5.74, 6) is 1.81. The normalized spacial score (nSPS) is 15.8. The van der Waals surface area contributed by atoms with Gasteiger partial charge in [-0.25, -0.2) is 0 Å². The van der Waals surface area contributed by atoms with E-state index < -0.39 is 0 Å². The number of rotatable bonds is 6. The average Bonchev–Trinajstić information content (AvgIpc) is 3.45. The highest BCUT2D eigenvalue weighted by molar-refractivity contribution is 5.95. The Kier molecular flexibility index (Phi) is 4.62. The zero-order chi connectivity index (χ0) is 20.7. The number of Topliss-reactive ketones (excluding diaryl/α,β-unsaturated/α-hetero) is 1. The molecule has 1 fully saturated rings. The first-order valence-corrected chi connectivity index (χ1v) is 10.7. The number of ether oxygens (including phenoxy) is 2. The highest BCUT2D eigenvalue weighted by atomic mass is 16.7. The fraction of sp³-hybridized carbons (Fsp3) is 0.296. The number of hydrogen-bond donors (Lipinski definition) is 0. The van der Waals surface area contributed by atoms with E-state index in [9.17, 15) is 4.79 Å². The standard InChI is InChI=1S/C27H26O3.H2/c1-3-19-4-7-21(8-5-19)23-10-6-20(14-18(23)2)15-26(28)27(12-13-27)22-9-11-24-25(16-22)30-17-29-24;/h4-11,14,16H,3,12-13,15,17H2,1-2H3;1H. The Morgan fingerprint density at radius 1 is 0.933 bits per heavy atom. The van der Waals surface area contributed by atoms with Crippen LogP contribution in [0.15, 0.2) is 60.7 Å². The monoisotopic (exact) mass is 400 g/mol. The topological polar surface area (TPSA) is 35.5 Å². The predicted octanol–water partition coefficient (Wildman–Crippen LogP) is 6.04. The van der Waals surface area contributed by atoms with E-state index in [0.29, 0.717) is 12.2 Å². The van der Waals surface area contributed by atoms with E-state index >= 15 is 0 Å². The molecular formula is C27H28O3. The van der Waals surface area contributed by atoms with Crippen molar-refractivity contribution in [2.45, 2.75) is 44.9 Å². The second-order valence-electron chi connectivity index (χ2n) is 8.45. The van der Waals surface area contributed by atoms with Gasteiger partial charge >= 0.3 is 0 Å². The molecule has 3 aromatic carbocycles. The minimum absolute atomic E-state index is 0. The Morgan fingerprint density at radius 3 is 2.37 bits per heavy atom. The van der Waals surface area contributed by atoms with E-state index in [4.69, 9.17) is 9.47 Å². The summed E-state index contributed by atoms with van der Waals surface area (Å²) in [6.45, 7) is 4.55. The second kappa shape index (κ2) is 7.32. The smallest absolute Gasteiger partial charge is 0.231 e. The summed E-state index contributed by atoms with van der Waals surface area (Å²) in [5.41, 5.74) is 6.78. The molecule has 1 saturated carbocycles. The molecule has 0 radical (unpaired) electrons. The number of ketones is 1. The van der Waals surface area contributed by atoms with E-state index in [0.717, 1.165) is 41.9 Å². The summed E-state index contributed by atoms with van der Waals surface area (Å²) < 4.78 is 10.9. The van der Waals surface area contributed by atoms with Gasteiger partial charge in [-0.1, -0.05) is 55.5 Å². The first-order chi connectivity index (χ1) is 14.6. The summed E-state index contributed by atoms with van der Waals surface area (Å²) in [6, 6.07) is 21.1. The van der Waals surface area contributed by atoms with Crippen LogP contribution in [0, 0.1) is 6.92 Å². The third-order valence-corrected chi connectivity index (χ3v) is 6.54. The zero-order valence-electron chi connectivity index (χ0n) is 17.5. The molecule has 0 bridgehead atoms. The van der Waals surface area contributed by atoms with Crippen LogP contribution < -0.4 is 9.47 Å². The van der Waals surface area contributed by atoms with Crippen molar-refractivity contribution in [3.05, 3.63) is 82.9 Å². The molecule has 0 N–H and O–H groups in total. The molecule has 1 aliphatic carbocycles. The highest BCUT2D eigenvalue weighted by Gasteiger charge is 2.50. The van der Waals surface area contributed by atoms with Gasteiger partial charge in [0.15, 0.2) is 11.5 Å². The van der Waals surface area contributed by atoms with Gasteiger partial charge in [-0.3, -0.25) is 4.79 Å². The summed E-state index contributed by atoms with van der Waals surface area (Å²) in [6.07, 6.45) is 3.33. The molecule has 154 valence electrons. The predicted molar refractivity (Wildman–Crippen MR) is 120 cm³/mol. The van der Waals surface area contributed by atoms with Crippen molar-refractivity contribution in [2.75, 3.05) is 6.79 Å². The molecule has 3 aromatic rings. The Bertz CT molecular complexity index is 1110. The SMILES string of the molecule is CCc1ccc(-c2ccc(CC(=O)C3(c4ccc5c(c4)OCO5)CC3)cc2C)cc1.[HH]. The van der Waals surface area contributed by atoms with E-state index in [1.165, 1.54) is 22.3 Å². The van der Waals surface area contributed by atoms with Crippen molar-refractivity contribution < 1.29 is 15.7 Å². The lowest BCUT2D eigenvalue weighted by atomic mass is 9.87. The van der Waals surface area contributed by atoms with Crippen molar-refractivity contribution >= 4 is 5.78 Å². The van der Waals surface area contributed by atoms with Crippen molar-refractivity contribution in [3.63, 3.8) is 0 Å². The van der Waals surface area contributed by atoms with Gasteiger partial charge in [-0.15, -0.1) is 0 Å². The molecule has 3 heteroatoms. The third kappa shape index (κ3) is 3.28. The van der Waals surface area contributed by atoms with Crippen molar-refractivity contribution in [1.82, 2.24) is 0 Å². The molecule has 0 unspecified atom stereocenters. The minimum atomic E-state index is -0.358. The number of carbonyl (C=O) groups is 1. The Balaban J connectivity index is 0.00000231. The van der Waals surface area contributed by atoms with Crippen molar-refractivity contribution in [1.29, 1.82) is 0 Å². The highest BCUT2D eigenvalue weighted by Crippen LogP contribution is 2.51.